The maximum absolute atomic E-state index is 12.6. The van der Waals surface area contributed by atoms with Crippen LogP contribution in [0.3, 0.4) is 0 Å². The first-order valence-electron chi connectivity index (χ1n) is 10.6. The fourth-order valence-corrected chi connectivity index (χ4v) is 3.92. The van der Waals surface area contributed by atoms with E-state index >= 15 is 0 Å². The van der Waals surface area contributed by atoms with Crippen molar-refractivity contribution in [3.63, 3.8) is 0 Å². The molecule has 0 saturated carbocycles. The van der Waals surface area contributed by atoms with Gasteiger partial charge in [-0.1, -0.05) is 48.5 Å². The monoisotopic (exact) mass is 443 g/mol. The highest BCUT2D eigenvalue weighted by atomic mass is 16.7. The van der Waals surface area contributed by atoms with E-state index in [1.807, 2.05) is 60.8 Å². The summed E-state index contributed by atoms with van der Waals surface area (Å²) in [5.74, 6) is -0.546. The van der Waals surface area contributed by atoms with E-state index < -0.39 is 23.9 Å². The lowest BCUT2D eigenvalue weighted by Crippen LogP contribution is -2.39. The number of rotatable bonds is 6. The number of amides is 3. The second kappa shape index (κ2) is 8.62. The Hall–Kier alpha value is -4.40. The van der Waals surface area contributed by atoms with E-state index in [-0.39, 0.29) is 12.8 Å². The van der Waals surface area contributed by atoms with Crippen LogP contribution in [-0.2, 0) is 20.8 Å². The molecule has 3 heterocycles. The highest BCUT2D eigenvalue weighted by Crippen LogP contribution is 2.25. The average molecular weight is 443 g/mol. The Labute approximate surface area is 188 Å². The van der Waals surface area contributed by atoms with Gasteiger partial charge in [0.25, 0.3) is 11.8 Å². The number of hydrogen-bond acceptors (Lipinski definition) is 5. The zero-order valence-electron chi connectivity index (χ0n) is 17.6. The van der Waals surface area contributed by atoms with Crippen molar-refractivity contribution in [2.24, 2.45) is 0 Å². The minimum absolute atomic E-state index is 0.0313. The number of aromatic nitrogens is 3. The van der Waals surface area contributed by atoms with E-state index in [1.165, 1.54) is 0 Å². The molecular formula is C24H21N5O4. The fourth-order valence-electron chi connectivity index (χ4n) is 3.92. The molecule has 2 aromatic carbocycles. The number of carbonyl (C=O) groups is 3. The van der Waals surface area contributed by atoms with Gasteiger partial charge < -0.3 is 20.1 Å². The summed E-state index contributed by atoms with van der Waals surface area (Å²) in [7, 11) is 0. The summed E-state index contributed by atoms with van der Waals surface area (Å²) < 4.78 is 0. The lowest BCUT2D eigenvalue weighted by atomic mass is 10.0. The van der Waals surface area contributed by atoms with Crippen molar-refractivity contribution in [1.82, 2.24) is 25.3 Å². The van der Waals surface area contributed by atoms with Crippen molar-refractivity contribution in [3.05, 3.63) is 78.4 Å². The molecule has 0 radical (unpaired) electrons. The highest BCUT2D eigenvalue weighted by molar-refractivity contribution is 6.01. The first-order valence-corrected chi connectivity index (χ1v) is 10.6. The van der Waals surface area contributed by atoms with Gasteiger partial charge >= 0.3 is 6.09 Å². The van der Waals surface area contributed by atoms with Gasteiger partial charge in [0.1, 0.15) is 5.82 Å². The predicted molar refractivity (Wildman–Crippen MR) is 119 cm³/mol. The van der Waals surface area contributed by atoms with Gasteiger partial charge in [0, 0.05) is 36.4 Å². The van der Waals surface area contributed by atoms with Gasteiger partial charge in [0.05, 0.1) is 17.9 Å². The fraction of sp³-hybridized carbons (Fsp3) is 0.167. The third-order valence-corrected chi connectivity index (χ3v) is 5.58. The maximum atomic E-state index is 12.6. The van der Waals surface area contributed by atoms with Gasteiger partial charge in [-0.25, -0.2) is 9.78 Å². The molecule has 1 saturated heterocycles. The van der Waals surface area contributed by atoms with Crippen LogP contribution in [0.4, 0.5) is 4.79 Å². The zero-order valence-corrected chi connectivity index (χ0v) is 17.6. The first-order chi connectivity index (χ1) is 16.1. The van der Waals surface area contributed by atoms with Gasteiger partial charge in [0.15, 0.2) is 0 Å². The topological polar surface area (TPSA) is 120 Å². The van der Waals surface area contributed by atoms with Crippen LogP contribution >= 0.6 is 0 Å². The van der Waals surface area contributed by atoms with Crippen molar-refractivity contribution in [2.75, 3.05) is 0 Å². The Morgan fingerprint density at radius 3 is 2.58 bits per heavy atom. The van der Waals surface area contributed by atoms with Crippen LogP contribution in [-0.4, -0.2) is 37.9 Å². The number of hydroxylamine groups is 2. The number of hydrogen-bond donors (Lipinski definition) is 3. The number of imide groups is 1. The lowest BCUT2D eigenvalue weighted by Gasteiger charge is -2.19. The molecule has 1 aliphatic heterocycles. The van der Waals surface area contributed by atoms with Crippen LogP contribution in [0.15, 0.2) is 67.0 Å². The molecule has 3 N–H and O–H groups in total. The molecule has 0 aliphatic carbocycles. The largest absolute Gasteiger partial charge is 0.432 e. The van der Waals surface area contributed by atoms with Crippen molar-refractivity contribution in [3.8, 4) is 11.3 Å². The van der Waals surface area contributed by atoms with Gasteiger partial charge in [-0.3, -0.25) is 9.59 Å². The van der Waals surface area contributed by atoms with Crippen LogP contribution in [0.5, 0.6) is 0 Å². The number of carbonyl (C=O) groups excluding carboxylic acids is 3. The molecule has 9 heteroatoms. The van der Waals surface area contributed by atoms with E-state index in [9.17, 15) is 14.4 Å². The van der Waals surface area contributed by atoms with E-state index in [1.54, 1.807) is 6.20 Å². The maximum Gasteiger partial charge on any atom is 0.432 e. The number of benzene rings is 2. The molecule has 2 aromatic heterocycles. The number of nitrogens with zero attached hydrogens (tertiary/aromatic N) is 2. The molecule has 5 rings (SSSR count). The Morgan fingerprint density at radius 2 is 1.79 bits per heavy atom. The van der Waals surface area contributed by atoms with E-state index in [0.717, 1.165) is 27.7 Å². The number of aromatic amines is 2. The quantitative estimate of drug-likeness (QED) is 0.393. The molecule has 166 valence electrons. The molecular weight excluding hydrogens is 422 g/mol. The summed E-state index contributed by atoms with van der Waals surface area (Å²) in [4.78, 5) is 52.2. The molecule has 1 aliphatic rings. The van der Waals surface area contributed by atoms with Gasteiger partial charge in [0.2, 0.25) is 0 Å². The number of para-hydroxylation sites is 1. The normalized spacial score (nSPS) is 14.6. The Balaban J connectivity index is 1.42. The summed E-state index contributed by atoms with van der Waals surface area (Å²) in [5.41, 5.74) is 3.71. The predicted octanol–water partition coefficient (Wildman–Crippen LogP) is 3.63. The smallest absolute Gasteiger partial charge is 0.361 e. The second-order valence-electron chi connectivity index (χ2n) is 7.77. The van der Waals surface area contributed by atoms with Crippen molar-refractivity contribution < 1.29 is 19.2 Å². The van der Waals surface area contributed by atoms with Crippen molar-refractivity contribution >= 4 is 28.8 Å². The van der Waals surface area contributed by atoms with Crippen molar-refractivity contribution in [2.45, 2.75) is 25.3 Å². The Bertz CT molecular complexity index is 1310. The van der Waals surface area contributed by atoms with Crippen LogP contribution in [0, 0.1) is 0 Å². The molecule has 1 fully saturated rings. The van der Waals surface area contributed by atoms with Crippen molar-refractivity contribution in [1.29, 1.82) is 0 Å². The Kier molecular flexibility index (Phi) is 5.35. The first kappa shape index (κ1) is 20.5. The molecule has 9 nitrogen and oxygen atoms in total. The van der Waals surface area contributed by atoms with Gasteiger partial charge in [-0.2, -0.15) is 0 Å². The summed E-state index contributed by atoms with van der Waals surface area (Å²) in [5, 5.41) is 4.30. The van der Waals surface area contributed by atoms with Crippen LogP contribution in [0.1, 0.15) is 30.3 Å². The Morgan fingerprint density at radius 1 is 1.06 bits per heavy atom. The van der Waals surface area contributed by atoms with Crippen LogP contribution < -0.4 is 5.32 Å². The minimum atomic E-state index is -0.902. The SMILES string of the molecule is O=C(N[C@H](Cc1c[nH]c2ccccc12)c1ncc(-c2ccccc2)[nH]1)ON1C(=O)CCC1=O. The highest BCUT2D eigenvalue weighted by Gasteiger charge is 2.33. The van der Waals surface area contributed by atoms with Crippen LogP contribution in [0.25, 0.3) is 22.2 Å². The number of fused-ring (bicyclic) bond motifs is 1. The molecule has 1 atom stereocenters. The van der Waals surface area contributed by atoms with Gasteiger partial charge in [-0.15, -0.1) is 5.06 Å². The molecule has 33 heavy (non-hydrogen) atoms. The second-order valence-corrected chi connectivity index (χ2v) is 7.77. The lowest BCUT2D eigenvalue weighted by molar-refractivity contribution is -0.171. The summed E-state index contributed by atoms with van der Waals surface area (Å²) in [6.07, 6.45) is 3.16. The van der Waals surface area contributed by atoms with E-state index in [4.69, 9.17) is 4.84 Å². The minimum Gasteiger partial charge on any atom is -0.361 e. The zero-order chi connectivity index (χ0) is 22.8. The van der Waals surface area contributed by atoms with E-state index in [0.29, 0.717) is 17.3 Å². The molecule has 0 unspecified atom stereocenters. The summed E-state index contributed by atoms with van der Waals surface area (Å²) in [6, 6.07) is 17.0. The molecule has 3 amide bonds. The van der Waals surface area contributed by atoms with E-state index in [2.05, 4.69) is 20.3 Å². The number of H-pyrrole nitrogens is 2. The number of imidazole rings is 1. The average Bonchev–Trinajstić information content (AvgIpc) is 3.55. The number of nitrogens with one attached hydrogen (secondary N) is 3. The van der Waals surface area contributed by atoms with Crippen LogP contribution in [0.2, 0.25) is 0 Å². The third kappa shape index (κ3) is 4.20. The molecule has 0 bridgehead atoms. The molecule has 4 aromatic rings. The standard InChI is InChI=1S/C24H21N5O4/c30-21-10-11-22(31)29(21)33-24(32)28-19(12-16-13-25-18-9-5-4-8-17(16)18)23-26-14-20(27-23)15-6-2-1-3-7-15/h1-9,13-14,19,25H,10-12H2,(H,26,27)(H,28,32)/t19-/m1/s1. The molecule has 0 spiro atoms. The summed E-state index contributed by atoms with van der Waals surface area (Å²) >= 11 is 0. The summed E-state index contributed by atoms with van der Waals surface area (Å²) in [6.45, 7) is 0. The van der Waals surface area contributed by atoms with Gasteiger partial charge in [-0.05, 0) is 17.2 Å². The third-order valence-electron chi connectivity index (χ3n) is 5.58.